The highest BCUT2D eigenvalue weighted by Gasteiger charge is 2.06. The van der Waals surface area contributed by atoms with Crippen molar-refractivity contribution in [2.45, 2.75) is 19.9 Å². The summed E-state index contributed by atoms with van der Waals surface area (Å²) in [5.41, 5.74) is 7.58. The van der Waals surface area contributed by atoms with Crippen LogP contribution in [0.25, 0.3) is 0 Å². The molecule has 0 amide bonds. The number of benzene rings is 1. The van der Waals surface area contributed by atoms with Crippen LogP contribution in [-0.4, -0.2) is 4.99 Å². The third-order valence-electron chi connectivity index (χ3n) is 2.77. The predicted octanol–water partition coefficient (Wildman–Crippen LogP) is 4.32. The second kappa shape index (κ2) is 6.50. The molecule has 0 unspecified atom stereocenters. The molecule has 2 aromatic rings. The molecule has 0 aliphatic heterocycles. The summed E-state index contributed by atoms with van der Waals surface area (Å²) >= 11 is 10.4. The second-order valence-corrected chi connectivity index (χ2v) is 6.74. The number of anilines is 1. The Bertz CT molecular complexity index is 593. The Kier molecular flexibility index (Phi) is 4.96. The molecular weight excluding hydrogens is 340 g/mol. The van der Waals surface area contributed by atoms with E-state index in [1.165, 1.54) is 9.75 Å². The number of thiocarbonyl (C=S) groups is 1. The summed E-state index contributed by atoms with van der Waals surface area (Å²) in [5.74, 6) is 0. The molecule has 0 aliphatic carbocycles. The third kappa shape index (κ3) is 3.78. The number of thiophene rings is 1. The van der Waals surface area contributed by atoms with Gasteiger partial charge >= 0.3 is 0 Å². The number of hydrogen-bond acceptors (Lipinski definition) is 3. The fourth-order valence-electron chi connectivity index (χ4n) is 1.77. The van der Waals surface area contributed by atoms with E-state index in [0.29, 0.717) is 4.99 Å². The van der Waals surface area contributed by atoms with Crippen molar-refractivity contribution in [1.82, 2.24) is 0 Å². The average Bonchev–Trinajstić information content (AvgIpc) is 2.84. The van der Waals surface area contributed by atoms with Gasteiger partial charge in [-0.1, -0.05) is 35.1 Å². The second-order valence-electron chi connectivity index (χ2n) is 4.13. The molecule has 0 atom stereocenters. The van der Waals surface area contributed by atoms with Gasteiger partial charge in [0.15, 0.2) is 0 Å². The number of rotatable bonds is 5. The van der Waals surface area contributed by atoms with E-state index in [2.05, 4.69) is 40.3 Å². The fraction of sp³-hybridized carbons (Fsp3) is 0.214. The maximum absolute atomic E-state index is 5.74. The predicted molar refractivity (Wildman–Crippen MR) is 91.1 cm³/mol. The van der Waals surface area contributed by atoms with Gasteiger partial charge in [-0.15, -0.1) is 11.3 Å². The highest BCUT2D eigenvalue weighted by atomic mass is 79.9. The van der Waals surface area contributed by atoms with Crippen LogP contribution >= 0.6 is 39.5 Å². The Labute approximate surface area is 131 Å². The smallest absolute Gasteiger partial charge is 0.106 e. The van der Waals surface area contributed by atoms with Crippen molar-refractivity contribution >= 4 is 50.2 Å². The molecule has 5 heteroatoms. The number of hydrogen-bond donors (Lipinski definition) is 2. The number of nitrogens with one attached hydrogen (secondary N) is 1. The van der Waals surface area contributed by atoms with Gasteiger partial charge in [0, 0.05) is 32.0 Å². The van der Waals surface area contributed by atoms with E-state index in [1.54, 1.807) is 0 Å². The molecule has 0 aliphatic rings. The molecule has 0 radical (unpaired) electrons. The van der Waals surface area contributed by atoms with E-state index in [9.17, 15) is 0 Å². The van der Waals surface area contributed by atoms with Crippen molar-refractivity contribution in [2.24, 2.45) is 5.73 Å². The third-order valence-corrected chi connectivity index (χ3v) is 4.71. The van der Waals surface area contributed by atoms with Crippen LogP contribution in [0.2, 0.25) is 0 Å². The lowest BCUT2D eigenvalue weighted by Gasteiger charge is -2.11. The van der Waals surface area contributed by atoms with Crippen LogP contribution in [0.1, 0.15) is 22.2 Å². The molecule has 0 fully saturated rings. The topological polar surface area (TPSA) is 38.0 Å². The summed E-state index contributed by atoms with van der Waals surface area (Å²) in [6, 6.07) is 10.2. The largest absolute Gasteiger partial charge is 0.389 e. The fourth-order valence-corrected chi connectivity index (χ4v) is 3.20. The molecule has 3 N–H and O–H groups in total. The highest BCUT2D eigenvalue weighted by molar-refractivity contribution is 9.10. The van der Waals surface area contributed by atoms with Crippen LogP contribution in [0.5, 0.6) is 0 Å². The van der Waals surface area contributed by atoms with E-state index >= 15 is 0 Å². The normalized spacial score (nSPS) is 10.4. The number of aryl methyl sites for hydroxylation is 1. The number of nitrogens with two attached hydrogens (primary N) is 1. The van der Waals surface area contributed by atoms with Crippen molar-refractivity contribution in [2.75, 3.05) is 5.32 Å². The maximum atomic E-state index is 5.74. The molecule has 0 saturated heterocycles. The van der Waals surface area contributed by atoms with E-state index < -0.39 is 0 Å². The summed E-state index contributed by atoms with van der Waals surface area (Å²) < 4.78 is 1.01. The summed E-state index contributed by atoms with van der Waals surface area (Å²) in [7, 11) is 0. The van der Waals surface area contributed by atoms with Crippen molar-refractivity contribution in [3.05, 3.63) is 50.1 Å². The molecule has 100 valence electrons. The Balaban J connectivity index is 2.14. The van der Waals surface area contributed by atoms with Gasteiger partial charge in [0.1, 0.15) is 4.99 Å². The highest BCUT2D eigenvalue weighted by Crippen LogP contribution is 2.24. The standard InChI is InChI=1S/C14H15BrN2S2/c1-2-10-4-5-11(19-10)8-17-13-7-9(15)3-6-12(13)14(16)18/h3-7,17H,2,8H2,1H3,(H2,16,18). The Morgan fingerprint density at radius 2 is 2.05 bits per heavy atom. The average molecular weight is 355 g/mol. The van der Waals surface area contributed by atoms with Gasteiger partial charge in [0.25, 0.3) is 0 Å². The summed E-state index contributed by atoms with van der Waals surface area (Å²) in [4.78, 5) is 3.13. The van der Waals surface area contributed by atoms with Crippen LogP contribution in [0.3, 0.4) is 0 Å². The molecule has 19 heavy (non-hydrogen) atoms. The minimum Gasteiger partial charge on any atom is -0.389 e. The molecule has 1 aromatic carbocycles. The zero-order chi connectivity index (χ0) is 13.8. The zero-order valence-corrected chi connectivity index (χ0v) is 13.8. The first-order valence-electron chi connectivity index (χ1n) is 6.01. The van der Waals surface area contributed by atoms with Gasteiger partial charge in [-0.05, 0) is 36.8 Å². The van der Waals surface area contributed by atoms with Gasteiger partial charge < -0.3 is 11.1 Å². The zero-order valence-electron chi connectivity index (χ0n) is 10.6. The molecule has 2 rings (SSSR count). The molecule has 0 spiro atoms. The van der Waals surface area contributed by atoms with Gasteiger partial charge in [-0.3, -0.25) is 0 Å². The lowest BCUT2D eigenvalue weighted by atomic mass is 10.2. The van der Waals surface area contributed by atoms with Crippen LogP contribution in [0.15, 0.2) is 34.8 Å². The minimum absolute atomic E-state index is 0.412. The van der Waals surface area contributed by atoms with Crippen LogP contribution in [0.4, 0.5) is 5.69 Å². The lowest BCUT2D eigenvalue weighted by Crippen LogP contribution is -2.13. The minimum atomic E-state index is 0.412. The SMILES string of the molecule is CCc1ccc(CNc2cc(Br)ccc2C(N)=S)s1. The molecular formula is C14H15BrN2S2. The van der Waals surface area contributed by atoms with Gasteiger partial charge in [0.05, 0.1) is 0 Å². The summed E-state index contributed by atoms with van der Waals surface area (Å²) in [6.45, 7) is 2.96. The summed E-state index contributed by atoms with van der Waals surface area (Å²) in [6.07, 6.45) is 1.08. The Morgan fingerprint density at radius 1 is 1.32 bits per heavy atom. The lowest BCUT2D eigenvalue weighted by molar-refractivity contribution is 1.19. The van der Waals surface area contributed by atoms with Crippen molar-refractivity contribution in [3.8, 4) is 0 Å². The van der Waals surface area contributed by atoms with Gasteiger partial charge in [-0.25, -0.2) is 0 Å². The van der Waals surface area contributed by atoms with E-state index in [1.807, 2.05) is 29.5 Å². The Hall–Kier alpha value is -0.910. The van der Waals surface area contributed by atoms with Crippen molar-refractivity contribution in [1.29, 1.82) is 0 Å². The van der Waals surface area contributed by atoms with Gasteiger partial charge in [0.2, 0.25) is 0 Å². The molecule has 2 nitrogen and oxygen atoms in total. The monoisotopic (exact) mass is 354 g/mol. The Morgan fingerprint density at radius 3 is 2.68 bits per heavy atom. The quantitative estimate of drug-likeness (QED) is 0.785. The van der Waals surface area contributed by atoms with Crippen LogP contribution in [-0.2, 0) is 13.0 Å². The molecule has 0 bridgehead atoms. The van der Waals surface area contributed by atoms with Crippen LogP contribution < -0.4 is 11.1 Å². The first kappa shape index (κ1) is 14.5. The van der Waals surface area contributed by atoms with E-state index in [-0.39, 0.29) is 0 Å². The maximum Gasteiger partial charge on any atom is 0.106 e. The van der Waals surface area contributed by atoms with Crippen LogP contribution in [0, 0.1) is 0 Å². The first-order valence-corrected chi connectivity index (χ1v) is 8.02. The molecule has 1 heterocycles. The number of halogens is 1. The van der Waals surface area contributed by atoms with E-state index in [0.717, 1.165) is 28.7 Å². The first-order chi connectivity index (χ1) is 9.10. The van der Waals surface area contributed by atoms with Crippen molar-refractivity contribution in [3.63, 3.8) is 0 Å². The molecule has 1 aromatic heterocycles. The van der Waals surface area contributed by atoms with Gasteiger partial charge in [-0.2, -0.15) is 0 Å². The molecule has 0 saturated carbocycles. The summed E-state index contributed by atoms with van der Waals surface area (Å²) in [5, 5.41) is 3.40. The van der Waals surface area contributed by atoms with E-state index in [4.69, 9.17) is 18.0 Å². The van der Waals surface area contributed by atoms with Crippen molar-refractivity contribution < 1.29 is 0 Å².